The van der Waals surface area contributed by atoms with E-state index in [-0.39, 0.29) is 5.41 Å². The van der Waals surface area contributed by atoms with Crippen molar-refractivity contribution in [2.45, 2.75) is 39.2 Å². The Bertz CT molecular complexity index is 626. The molecule has 0 bridgehead atoms. The first-order valence-electron chi connectivity index (χ1n) is 6.80. The minimum atomic E-state index is -0.636. The first-order chi connectivity index (χ1) is 9.77. The Kier molecular flexibility index (Phi) is 4.32. The van der Waals surface area contributed by atoms with Crippen molar-refractivity contribution in [1.82, 2.24) is 4.98 Å². The molecule has 1 aromatic carbocycles. The van der Waals surface area contributed by atoms with Gasteiger partial charge in [-0.1, -0.05) is 20.8 Å². The summed E-state index contributed by atoms with van der Waals surface area (Å²) in [7, 11) is 0. The lowest BCUT2D eigenvalue weighted by atomic mass is 9.93. The topological polar surface area (TPSA) is 65.2 Å². The number of primary amides is 1. The molecule has 1 atom stereocenters. The largest absolute Gasteiger partial charge is 0.481 e. The normalized spacial score (nSPS) is 13.0. The molecule has 2 rings (SSSR count). The summed E-state index contributed by atoms with van der Waals surface area (Å²) in [5, 5.41) is 3.07. The number of amides is 1. The van der Waals surface area contributed by atoms with E-state index in [4.69, 9.17) is 10.5 Å². The van der Waals surface area contributed by atoms with Gasteiger partial charge in [0.05, 0.1) is 5.69 Å². The van der Waals surface area contributed by atoms with Gasteiger partial charge in [0.2, 0.25) is 0 Å². The number of carbonyl (C=O) groups excluding carboxylic acids is 1. The van der Waals surface area contributed by atoms with Crippen LogP contribution in [0.1, 0.15) is 33.4 Å². The maximum atomic E-state index is 11.0. The van der Waals surface area contributed by atoms with Crippen LogP contribution in [0.3, 0.4) is 0 Å². The van der Waals surface area contributed by atoms with E-state index in [0.29, 0.717) is 5.75 Å². The number of hydrogen-bond acceptors (Lipinski definition) is 4. The number of carbonyl (C=O) groups is 1. The lowest BCUT2D eigenvalue weighted by molar-refractivity contribution is -0.123. The zero-order valence-electron chi connectivity index (χ0n) is 12.7. The summed E-state index contributed by atoms with van der Waals surface area (Å²) >= 11 is 1.63. The van der Waals surface area contributed by atoms with Crippen molar-refractivity contribution in [3.63, 3.8) is 0 Å². The second-order valence-corrected chi connectivity index (χ2v) is 6.83. The molecule has 4 nitrogen and oxygen atoms in total. The maximum absolute atomic E-state index is 11.0. The summed E-state index contributed by atoms with van der Waals surface area (Å²) in [5.41, 5.74) is 7.35. The molecule has 0 aliphatic rings. The molecule has 1 amide bonds. The number of aromatic nitrogens is 1. The average molecular weight is 304 g/mol. The van der Waals surface area contributed by atoms with Crippen molar-refractivity contribution in [3.05, 3.63) is 35.3 Å². The highest BCUT2D eigenvalue weighted by molar-refractivity contribution is 7.13. The quantitative estimate of drug-likeness (QED) is 0.942. The fourth-order valence-corrected chi connectivity index (χ4v) is 2.74. The average Bonchev–Trinajstić information content (AvgIpc) is 2.89. The van der Waals surface area contributed by atoms with Crippen molar-refractivity contribution in [2.75, 3.05) is 0 Å². The smallest absolute Gasteiger partial charge is 0.258 e. The zero-order valence-corrected chi connectivity index (χ0v) is 13.5. The maximum Gasteiger partial charge on any atom is 0.258 e. The first-order valence-corrected chi connectivity index (χ1v) is 7.68. The van der Waals surface area contributed by atoms with Gasteiger partial charge in [-0.05, 0) is 31.2 Å². The molecule has 2 N–H and O–H groups in total. The highest BCUT2D eigenvalue weighted by Crippen LogP contribution is 2.30. The van der Waals surface area contributed by atoms with Gasteiger partial charge >= 0.3 is 0 Å². The summed E-state index contributed by atoms with van der Waals surface area (Å²) in [6, 6.07) is 7.53. The van der Waals surface area contributed by atoms with Gasteiger partial charge in [0.25, 0.3) is 5.91 Å². The molecule has 0 unspecified atom stereocenters. The van der Waals surface area contributed by atoms with Crippen molar-refractivity contribution in [1.29, 1.82) is 0 Å². The molecular formula is C16H20N2O2S. The van der Waals surface area contributed by atoms with Gasteiger partial charge in [0, 0.05) is 16.4 Å². The standard InChI is InChI=1S/C16H20N2O2S/c1-10(14(17)19)20-12-7-5-11(6-8-12)15-18-13(9-21-15)16(2,3)4/h5-10H,1-4H3,(H2,17,19)/t10-/m1/s1. The minimum Gasteiger partial charge on any atom is -0.481 e. The lowest BCUT2D eigenvalue weighted by Gasteiger charge is -2.14. The molecule has 0 fully saturated rings. The van der Waals surface area contributed by atoms with Gasteiger partial charge in [0.15, 0.2) is 6.10 Å². The van der Waals surface area contributed by atoms with Gasteiger partial charge in [-0.2, -0.15) is 0 Å². The Hall–Kier alpha value is -1.88. The van der Waals surface area contributed by atoms with Crippen molar-refractivity contribution < 1.29 is 9.53 Å². The number of nitrogens with two attached hydrogens (primary N) is 1. The second kappa shape index (κ2) is 5.85. The zero-order chi connectivity index (χ0) is 15.6. The lowest BCUT2D eigenvalue weighted by Crippen LogP contribution is -2.30. The van der Waals surface area contributed by atoms with Crippen LogP contribution in [0.5, 0.6) is 5.75 Å². The summed E-state index contributed by atoms with van der Waals surface area (Å²) in [5.74, 6) is 0.145. The molecule has 1 aromatic heterocycles. The minimum absolute atomic E-state index is 0.0503. The van der Waals surface area contributed by atoms with E-state index >= 15 is 0 Å². The van der Waals surface area contributed by atoms with Crippen LogP contribution in [0.25, 0.3) is 10.6 Å². The van der Waals surface area contributed by atoms with Crippen LogP contribution in [0.2, 0.25) is 0 Å². The summed E-state index contributed by atoms with van der Waals surface area (Å²) < 4.78 is 5.43. The molecular weight excluding hydrogens is 284 g/mol. The number of benzene rings is 1. The van der Waals surface area contributed by atoms with Crippen LogP contribution in [0.4, 0.5) is 0 Å². The Morgan fingerprint density at radius 3 is 2.38 bits per heavy atom. The molecule has 0 saturated carbocycles. The summed E-state index contributed by atoms with van der Waals surface area (Å²) in [6.45, 7) is 8.07. The Morgan fingerprint density at radius 1 is 1.29 bits per heavy atom. The van der Waals surface area contributed by atoms with E-state index < -0.39 is 12.0 Å². The molecule has 0 spiro atoms. The monoisotopic (exact) mass is 304 g/mol. The van der Waals surface area contributed by atoms with Crippen molar-refractivity contribution in [3.8, 4) is 16.3 Å². The summed E-state index contributed by atoms with van der Waals surface area (Å²) in [4.78, 5) is 15.7. The van der Waals surface area contributed by atoms with E-state index in [0.717, 1.165) is 16.3 Å². The van der Waals surface area contributed by atoms with E-state index in [1.807, 2.05) is 24.3 Å². The van der Waals surface area contributed by atoms with E-state index in [1.165, 1.54) is 0 Å². The third-order valence-corrected chi connectivity index (χ3v) is 3.98. The van der Waals surface area contributed by atoms with Gasteiger partial charge in [0.1, 0.15) is 10.8 Å². The number of nitrogens with zero attached hydrogens (tertiary/aromatic N) is 1. The van der Waals surface area contributed by atoms with Gasteiger partial charge in [-0.15, -0.1) is 11.3 Å². The van der Waals surface area contributed by atoms with Crippen molar-refractivity contribution >= 4 is 17.2 Å². The van der Waals surface area contributed by atoms with Crippen LogP contribution < -0.4 is 10.5 Å². The van der Waals surface area contributed by atoms with Crippen LogP contribution in [0.15, 0.2) is 29.6 Å². The number of rotatable bonds is 4. The summed E-state index contributed by atoms with van der Waals surface area (Å²) in [6.07, 6.45) is -0.636. The van der Waals surface area contributed by atoms with Gasteiger partial charge < -0.3 is 10.5 Å². The van der Waals surface area contributed by atoms with Crippen LogP contribution in [0, 0.1) is 0 Å². The highest BCUT2D eigenvalue weighted by atomic mass is 32.1. The molecule has 2 aromatic rings. The van der Waals surface area contributed by atoms with Gasteiger partial charge in [-0.25, -0.2) is 4.98 Å². The van der Waals surface area contributed by atoms with Crippen LogP contribution >= 0.6 is 11.3 Å². The molecule has 0 aliphatic heterocycles. The fraction of sp³-hybridized carbons (Fsp3) is 0.375. The Labute approximate surface area is 129 Å². The molecule has 1 heterocycles. The van der Waals surface area contributed by atoms with Crippen LogP contribution in [-0.4, -0.2) is 17.0 Å². The second-order valence-electron chi connectivity index (χ2n) is 5.97. The Morgan fingerprint density at radius 2 is 1.90 bits per heavy atom. The third-order valence-electron chi connectivity index (χ3n) is 3.09. The predicted octanol–water partition coefficient (Wildman–Crippen LogP) is 3.36. The number of thiazole rings is 1. The predicted molar refractivity (Wildman–Crippen MR) is 85.5 cm³/mol. The third kappa shape index (κ3) is 3.82. The van der Waals surface area contributed by atoms with E-state index in [1.54, 1.807) is 18.3 Å². The highest BCUT2D eigenvalue weighted by Gasteiger charge is 2.18. The molecule has 5 heteroatoms. The number of hydrogen-bond donors (Lipinski definition) is 1. The van der Waals surface area contributed by atoms with Crippen LogP contribution in [-0.2, 0) is 10.2 Å². The molecule has 112 valence electrons. The van der Waals surface area contributed by atoms with Gasteiger partial charge in [-0.3, -0.25) is 4.79 Å². The first kappa shape index (κ1) is 15.5. The fourth-order valence-electron chi connectivity index (χ4n) is 1.69. The molecule has 21 heavy (non-hydrogen) atoms. The molecule has 0 radical (unpaired) electrons. The van der Waals surface area contributed by atoms with E-state index in [9.17, 15) is 4.79 Å². The SMILES string of the molecule is C[C@@H](Oc1ccc(-c2nc(C(C)(C)C)cs2)cc1)C(N)=O. The van der Waals surface area contributed by atoms with E-state index in [2.05, 4.69) is 31.1 Å². The molecule has 0 aliphatic carbocycles. The number of ether oxygens (including phenoxy) is 1. The molecule has 0 saturated heterocycles. The Balaban J connectivity index is 2.15. The van der Waals surface area contributed by atoms with Crippen molar-refractivity contribution in [2.24, 2.45) is 5.73 Å².